The molecule has 0 saturated heterocycles. The molecule has 0 aliphatic heterocycles. The minimum absolute atomic E-state index is 0.0288. The highest BCUT2D eigenvalue weighted by atomic mass is 79.9. The molecule has 4 heteroatoms. The van der Waals surface area contributed by atoms with Crippen LogP contribution in [0.1, 0.15) is 37.5 Å². The Hall–Kier alpha value is -1.81. The highest BCUT2D eigenvalue weighted by Gasteiger charge is 2.20. The van der Waals surface area contributed by atoms with Crippen LogP contribution in [-0.2, 0) is 12.0 Å². The van der Waals surface area contributed by atoms with Crippen LogP contribution < -0.4 is 10.6 Å². The van der Waals surface area contributed by atoms with E-state index in [4.69, 9.17) is 0 Å². The first-order chi connectivity index (χ1) is 10.8. The normalized spacial score (nSPS) is 11.2. The van der Waals surface area contributed by atoms with Gasteiger partial charge in [0.1, 0.15) is 0 Å². The molecular weight excluding hydrogens is 352 g/mol. The third-order valence-corrected chi connectivity index (χ3v) is 4.15. The molecule has 3 nitrogen and oxygen atoms in total. The number of carbonyl (C=O) groups is 1. The summed E-state index contributed by atoms with van der Waals surface area (Å²) in [5.41, 5.74) is 4.12. The van der Waals surface area contributed by atoms with E-state index in [1.807, 2.05) is 43.3 Å². The Balaban J connectivity index is 2.09. The number of carbonyl (C=O) groups excluding carboxylic acids is 1. The summed E-state index contributed by atoms with van der Waals surface area (Å²) in [5, 5.41) is 5.92. The number of hydrogen-bond acceptors (Lipinski definition) is 1. The molecule has 0 unspecified atom stereocenters. The molecule has 0 atom stereocenters. The van der Waals surface area contributed by atoms with Gasteiger partial charge in [-0.2, -0.15) is 0 Å². The van der Waals surface area contributed by atoms with Gasteiger partial charge in [0.05, 0.1) is 0 Å². The Kier molecular flexibility index (Phi) is 5.47. The van der Waals surface area contributed by atoms with Crippen molar-refractivity contribution >= 4 is 27.6 Å². The third kappa shape index (κ3) is 4.83. The highest BCUT2D eigenvalue weighted by Crippen LogP contribution is 2.31. The van der Waals surface area contributed by atoms with Crippen molar-refractivity contribution in [2.75, 3.05) is 5.32 Å². The summed E-state index contributed by atoms with van der Waals surface area (Å²) in [6.45, 7) is 8.94. The van der Waals surface area contributed by atoms with Gasteiger partial charge in [-0.05, 0) is 41.2 Å². The fraction of sp³-hybridized carbons (Fsp3) is 0.316. The molecule has 0 radical (unpaired) electrons. The van der Waals surface area contributed by atoms with Crippen LogP contribution in [0.4, 0.5) is 10.5 Å². The Labute approximate surface area is 146 Å². The maximum absolute atomic E-state index is 12.3. The lowest BCUT2D eigenvalue weighted by Gasteiger charge is -2.24. The monoisotopic (exact) mass is 374 g/mol. The van der Waals surface area contributed by atoms with Crippen LogP contribution in [0.15, 0.2) is 46.9 Å². The molecule has 122 valence electrons. The summed E-state index contributed by atoms with van der Waals surface area (Å²) in [7, 11) is 0. The summed E-state index contributed by atoms with van der Waals surface area (Å²) in [4.78, 5) is 12.3. The minimum Gasteiger partial charge on any atom is -0.334 e. The Bertz CT molecular complexity index is 705. The summed E-state index contributed by atoms with van der Waals surface area (Å²) in [6.07, 6.45) is 0. The molecule has 0 fully saturated rings. The van der Waals surface area contributed by atoms with Gasteiger partial charge in [-0.15, -0.1) is 0 Å². The fourth-order valence-corrected chi connectivity index (χ4v) is 2.89. The van der Waals surface area contributed by atoms with Crippen molar-refractivity contribution in [1.29, 1.82) is 0 Å². The van der Waals surface area contributed by atoms with E-state index in [1.54, 1.807) is 0 Å². The molecule has 2 aromatic carbocycles. The summed E-state index contributed by atoms with van der Waals surface area (Å²) in [6, 6.07) is 13.8. The van der Waals surface area contributed by atoms with Crippen molar-refractivity contribution in [3.8, 4) is 0 Å². The zero-order chi connectivity index (χ0) is 17.0. The second-order valence-electron chi connectivity index (χ2n) is 6.69. The van der Waals surface area contributed by atoms with Crippen LogP contribution in [0.2, 0.25) is 0 Å². The lowest BCUT2D eigenvalue weighted by atomic mass is 9.84. The van der Waals surface area contributed by atoms with Crippen molar-refractivity contribution in [2.24, 2.45) is 0 Å². The van der Waals surface area contributed by atoms with E-state index >= 15 is 0 Å². The molecule has 23 heavy (non-hydrogen) atoms. The number of nitrogens with one attached hydrogen (secondary N) is 2. The van der Waals surface area contributed by atoms with Crippen LogP contribution in [0, 0.1) is 6.92 Å². The van der Waals surface area contributed by atoms with Crippen LogP contribution in [0.3, 0.4) is 0 Å². The maximum Gasteiger partial charge on any atom is 0.319 e. The predicted molar refractivity (Wildman–Crippen MR) is 99.9 cm³/mol. The molecule has 0 bridgehead atoms. The molecule has 2 aromatic rings. The van der Waals surface area contributed by atoms with Crippen LogP contribution in [0.5, 0.6) is 0 Å². The van der Waals surface area contributed by atoms with Crippen LogP contribution in [0.25, 0.3) is 0 Å². The standard InChI is InChI=1S/C19H23BrN2O/c1-13-7-5-10-16(19(2,3)4)17(13)22-18(23)21-12-14-8-6-9-15(20)11-14/h5-11H,12H2,1-4H3,(H2,21,22,23). The number of benzene rings is 2. The molecular formula is C19H23BrN2O. The molecule has 0 spiro atoms. The molecule has 2 rings (SSSR count). The number of hydrogen-bond donors (Lipinski definition) is 2. The van der Waals surface area contributed by atoms with Crippen molar-refractivity contribution in [2.45, 2.75) is 39.7 Å². The lowest BCUT2D eigenvalue weighted by Crippen LogP contribution is -2.30. The number of anilines is 1. The number of para-hydroxylation sites is 1. The molecule has 0 aromatic heterocycles. The van der Waals surface area contributed by atoms with E-state index in [0.29, 0.717) is 6.54 Å². The molecule has 0 aliphatic rings. The predicted octanol–water partition coefficient (Wildman–Crippen LogP) is 5.38. The van der Waals surface area contributed by atoms with E-state index in [9.17, 15) is 4.79 Å². The van der Waals surface area contributed by atoms with Gasteiger partial charge < -0.3 is 10.6 Å². The van der Waals surface area contributed by atoms with Crippen LogP contribution >= 0.6 is 15.9 Å². The van der Waals surface area contributed by atoms with E-state index in [0.717, 1.165) is 26.9 Å². The third-order valence-electron chi connectivity index (χ3n) is 3.66. The molecule has 0 saturated carbocycles. The van der Waals surface area contributed by atoms with E-state index in [1.165, 1.54) is 0 Å². The smallest absolute Gasteiger partial charge is 0.319 e. The number of urea groups is 1. The largest absolute Gasteiger partial charge is 0.334 e. The number of amides is 2. The first-order valence-electron chi connectivity index (χ1n) is 7.67. The second-order valence-corrected chi connectivity index (χ2v) is 7.60. The van der Waals surface area contributed by atoms with Crippen molar-refractivity contribution in [3.63, 3.8) is 0 Å². The van der Waals surface area contributed by atoms with Gasteiger partial charge in [0.25, 0.3) is 0 Å². The Morgan fingerprint density at radius 1 is 1.13 bits per heavy atom. The van der Waals surface area contributed by atoms with Crippen molar-refractivity contribution in [3.05, 3.63) is 63.6 Å². The summed E-state index contributed by atoms with van der Waals surface area (Å²) in [5.74, 6) is 0. The minimum atomic E-state index is -0.190. The SMILES string of the molecule is Cc1cccc(C(C)(C)C)c1NC(=O)NCc1cccc(Br)c1. The van der Waals surface area contributed by atoms with Gasteiger partial charge in [-0.3, -0.25) is 0 Å². The molecule has 0 heterocycles. The van der Waals surface area contributed by atoms with Crippen molar-refractivity contribution in [1.82, 2.24) is 5.32 Å². The Morgan fingerprint density at radius 2 is 1.83 bits per heavy atom. The molecule has 0 aliphatic carbocycles. The number of aryl methyl sites for hydroxylation is 1. The zero-order valence-electron chi connectivity index (χ0n) is 14.0. The Morgan fingerprint density at radius 3 is 2.48 bits per heavy atom. The zero-order valence-corrected chi connectivity index (χ0v) is 15.6. The quantitative estimate of drug-likeness (QED) is 0.743. The highest BCUT2D eigenvalue weighted by molar-refractivity contribution is 9.10. The average Bonchev–Trinajstić information content (AvgIpc) is 2.46. The lowest BCUT2D eigenvalue weighted by molar-refractivity contribution is 0.251. The maximum atomic E-state index is 12.3. The van der Waals surface area contributed by atoms with Gasteiger partial charge in [0.15, 0.2) is 0 Å². The topological polar surface area (TPSA) is 41.1 Å². The van der Waals surface area contributed by atoms with Crippen molar-refractivity contribution < 1.29 is 4.79 Å². The number of rotatable bonds is 3. The second kappa shape index (κ2) is 7.18. The first-order valence-corrected chi connectivity index (χ1v) is 8.46. The van der Waals surface area contributed by atoms with E-state index < -0.39 is 0 Å². The van der Waals surface area contributed by atoms with Gasteiger partial charge in [-0.1, -0.05) is 67.0 Å². The summed E-state index contributed by atoms with van der Waals surface area (Å²) >= 11 is 3.44. The number of halogens is 1. The van der Waals surface area contributed by atoms with Gasteiger partial charge in [0.2, 0.25) is 0 Å². The van der Waals surface area contributed by atoms with Gasteiger partial charge in [0, 0.05) is 16.7 Å². The molecule has 2 N–H and O–H groups in total. The van der Waals surface area contributed by atoms with Gasteiger partial charge in [-0.25, -0.2) is 4.79 Å². The van der Waals surface area contributed by atoms with Gasteiger partial charge >= 0.3 is 6.03 Å². The molecule has 2 amide bonds. The summed E-state index contributed by atoms with van der Waals surface area (Å²) < 4.78 is 1.01. The first kappa shape index (κ1) is 17.5. The fourth-order valence-electron chi connectivity index (χ4n) is 2.45. The van der Waals surface area contributed by atoms with E-state index in [2.05, 4.69) is 53.4 Å². The van der Waals surface area contributed by atoms with Crippen LogP contribution in [-0.4, -0.2) is 6.03 Å². The average molecular weight is 375 g/mol. The van der Waals surface area contributed by atoms with E-state index in [-0.39, 0.29) is 11.4 Å².